The van der Waals surface area contributed by atoms with E-state index in [4.69, 9.17) is 4.74 Å². The predicted molar refractivity (Wildman–Crippen MR) is 135 cm³/mol. The molecule has 1 heterocycles. The highest BCUT2D eigenvalue weighted by Crippen LogP contribution is 2.26. The van der Waals surface area contributed by atoms with E-state index in [9.17, 15) is 18.0 Å². The maximum absolute atomic E-state index is 12.6. The third kappa shape index (κ3) is 7.27. The van der Waals surface area contributed by atoms with Crippen LogP contribution in [0.4, 0.5) is 13.2 Å². The van der Waals surface area contributed by atoms with Crippen LogP contribution in [0.1, 0.15) is 41.4 Å². The Kier molecular flexibility index (Phi) is 8.35. The fourth-order valence-corrected chi connectivity index (χ4v) is 3.91. The molecule has 0 aliphatic rings. The van der Waals surface area contributed by atoms with Gasteiger partial charge in [0.25, 0.3) is 5.91 Å². The Morgan fingerprint density at radius 2 is 1.70 bits per heavy atom. The summed E-state index contributed by atoms with van der Waals surface area (Å²) in [7, 11) is 0. The number of hydrogen-bond donors (Lipinski definition) is 2. The zero-order chi connectivity index (χ0) is 26.3. The van der Waals surface area contributed by atoms with Gasteiger partial charge in [0.15, 0.2) is 0 Å². The summed E-state index contributed by atoms with van der Waals surface area (Å²) < 4.78 is 49.5. The minimum atomic E-state index is -4.74. The van der Waals surface area contributed by atoms with E-state index in [0.717, 1.165) is 35.0 Å². The third-order valence-corrected chi connectivity index (χ3v) is 5.73. The standard InChI is InChI=1S/C28H28F3N3O3/c1-2-3-15-32-33-27(35)21-11-14-26-22(16-21)17-23(19-36-24-7-5-4-6-8-24)34(26)18-20-9-12-25(13-10-20)37-28(29,30)31/h4-14,16-17,32H,2-3,15,18-19H2,1H3,(H,33,35). The SMILES string of the molecule is CCCCNNC(=O)c1ccc2c(c1)cc(COc1ccccc1)n2Cc1ccc(OC(F)(F)F)cc1. The molecule has 4 rings (SSSR count). The highest BCUT2D eigenvalue weighted by atomic mass is 19.4. The monoisotopic (exact) mass is 511 g/mol. The Balaban J connectivity index is 1.59. The van der Waals surface area contributed by atoms with Crippen LogP contribution in [0.15, 0.2) is 78.9 Å². The molecule has 1 amide bonds. The van der Waals surface area contributed by atoms with Gasteiger partial charge in [0.2, 0.25) is 0 Å². The van der Waals surface area contributed by atoms with E-state index in [1.807, 2.05) is 53.1 Å². The fraction of sp³-hybridized carbons (Fsp3) is 0.250. The summed E-state index contributed by atoms with van der Waals surface area (Å²) in [5.74, 6) is 0.212. The second-order valence-electron chi connectivity index (χ2n) is 8.52. The number of carbonyl (C=O) groups is 1. The van der Waals surface area contributed by atoms with E-state index in [2.05, 4.69) is 22.5 Å². The topological polar surface area (TPSA) is 64.5 Å². The van der Waals surface area contributed by atoms with Crippen LogP contribution < -0.4 is 20.3 Å². The maximum Gasteiger partial charge on any atom is 0.573 e. The van der Waals surface area contributed by atoms with Crippen LogP contribution in [0.2, 0.25) is 0 Å². The van der Waals surface area contributed by atoms with Crippen molar-refractivity contribution in [3.63, 3.8) is 0 Å². The molecule has 0 aliphatic carbocycles. The molecule has 1 aromatic heterocycles. The van der Waals surface area contributed by atoms with Gasteiger partial charge in [-0.3, -0.25) is 10.2 Å². The largest absolute Gasteiger partial charge is 0.573 e. The number of alkyl halides is 3. The number of nitrogens with zero attached hydrogens (tertiary/aromatic N) is 1. The van der Waals surface area contributed by atoms with Crippen LogP contribution >= 0.6 is 0 Å². The highest BCUT2D eigenvalue weighted by molar-refractivity contribution is 5.98. The molecule has 194 valence electrons. The molecular formula is C28H28F3N3O3. The van der Waals surface area contributed by atoms with Crippen LogP contribution in [-0.2, 0) is 13.2 Å². The lowest BCUT2D eigenvalue weighted by Gasteiger charge is -2.14. The van der Waals surface area contributed by atoms with Gasteiger partial charge in [-0.1, -0.05) is 43.7 Å². The molecule has 0 saturated heterocycles. The summed E-state index contributed by atoms with van der Waals surface area (Å²) in [4.78, 5) is 12.6. The number of fused-ring (bicyclic) bond motifs is 1. The molecule has 0 atom stereocenters. The molecule has 9 heteroatoms. The van der Waals surface area contributed by atoms with Crippen LogP contribution in [0.5, 0.6) is 11.5 Å². The Labute approximate surface area is 213 Å². The molecule has 4 aromatic rings. The van der Waals surface area contributed by atoms with Gasteiger partial charge in [-0.2, -0.15) is 0 Å². The molecule has 37 heavy (non-hydrogen) atoms. The molecule has 0 aliphatic heterocycles. The van der Waals surface area contributed by atoms with Crippen molar-refractivity contribution in [3.05, 3.63) is 95.7 Å². The van der Waals surface area contributed by atoms with Gasteiger partial charge in [0, 0.05) is 29.6 Å². The average molecular weight is 512 g/mol. The maximum atomic E-state index is 12.6. The number of hydrogen-bond acceptors (Lipinski definition) is 4. The highest BCUT2D eigenvalue weighted by Gasteiger charge is 2.31. The van der Waals surface area contributed by atoms with Crippen LogP contribution in [0, 0.1) is 0 Å². The number of rotatable bonds is 11. The molecule has 0 radical (unpaired) electrons. The van der Waals surface area contributed by atoms with Crippen molar-refractivity contribution in [1.29, 1.82) is 0 Å². The van der Waals surface area contributed by atoms with Crippen molar-refractivity contribution >= 4 is 16.8 Å². The van der Waals surface area contributed by atoms with E-state index >= 15 is 0 Å². The minimum Gasteiger partial charge on any atom is -0.487 e. The fourth-order valence-electron chi connectivity index (χ4n) is 3.91. The zero-order valence-corrected chi connectivity index (χ0v) is 20.3. The lowest BCUT2D eigenvalue weighted by Crippen LogP contribution is -2.37. The summed E-state index contributed by atoms with van der Waals surface area (Å²) in [6.07, 6.45) is -2.76. The Morgan fingerprint density at radius 3 is 2.41 bits per heavy atom. The van der Waals surface area contributed by atoms with Crippen molar-refractivity contribution in [1.82, 2.24) is 15.4 Å². The van der Waals surface area contributed by atoms with Gasteiger partial charge >= 0.3 is 6.36 Å². The van der Waals surface area contributed by atoms with E-state index in [1.165, 1.54) is 12.1 Å². The third-order valence-electron chi connectivity index (χ3n) is 5.73. The Morgan fingerprint density at radius 1 is 0.946 bits per heavy atom. The summed E-state index contributed by atoms with van der Waals surface area (Å²) in [6.45, 7) is 3.43. The molecule has 3 aromatic carbocycles. The first-order valence-electron chi connectivity index (χ1n) is 12.0. The van der Waals surface area contributed by atoms with Crippen LogP contribution in [0.25, 0.3) is 10.9 Å². The first-order chi connectivity index (χ1) is 17.8. The number of hydrazine groups is 1. The molecule has 2 N–H and O–H groups in total. The first-order valence-corrected chi connectivity index (χ1v) is 12.0. The average Bonchev–Trinajstić information content (AvgIpc) is 3.22. The number of para-hydroxylation sites is 1. The Hall–Kier alpha value is -3.98. The summed E-state index contributed by atoms with van der Waals surface area (Å²) in [5, 5.41) is 0.852. The van der Waals surface area contributed by atoms with E-state index in [-0.39, 0.29) is 18.3 Å². The summed E-state index contributed by atoms with van der Waals surface area (Å²) in [5.41, 5.74) is 8.68. The normalized spacial score (nSPS) is 11.5. The smallest absolute Gasteiger partial charge is 0.487 e. The van der Waals surface area contributed by atoms with Crippen molar-refractivity contribution in [3.8, 4) is 11.5 Å². The van der Waals surface area contributed by atoms with Crippen molar-refractivity contribution in [2.75, 3.05) is 6.54 Å². The molecule has 0 bridgehead atoms. The molecule has 6 nitrogen and oxygen atoms in total. The Bertz CT molecular complexity index is 1320. The minimum absolute atomic E-state index is 0.229. The van der Waals surface area contributed by atoms with Gasteiger partial charge < -0.3 is 14.0 Å². The van der Waals surface area contributed by atoms with Gasteiger partial charge in [-0.25, -0.2) is 5.43 Å². The number of benzene rings is 3. The van der Waals surface area contributed by atoms with Crippen molar-refractivity contribution in [2.45, 2.75) is 39.3 Å². The summed E-state index contributed by atoms with van der Waals surface area (Å²) in [6, 6.07) is 22.6. The van der Waals surface area contributed by atoms with Gasteiger partial charge in [-0.15, -0.1) is 13.2 Å². The molecular weight excluding hydrogens is 483 g/mol. The zero-order valence-electron chi connectivity index (χ0n) is 20.3. The van der Waals surface area contributed by atoms with E-state index < -0.39 is 6.36 Å². The molecule has 0 saturated carbocycles. The molecule has 0 unspecified atom stereocenters. The number of amides is 1. The number of unbranched alkanes of at least 4 members (excludes halogenated alkanes) is 1. The molecule has 0 spiro atoms. The van der Waals surface area contributed by atoms with Gasteiger partial charge in [0.1, 0.15) is 18.1 Å². The second-order valence-corrected chi connectivity index (χ2v) is 8.52. The van der Waals surface area contributed by atoms with Gasteiger partial charge in [-0.05, 0) is 60.5 Å². The first kappa shape index (κ1) is 26.1. The van der Waals surface area contributed by atoms with Crippen LogP contribution in [0.3, 0.4) is 0 Å². The lowest BCUT2D eigenvalue weighted by molar-refractivity contribution is -0.274. The summed E-state index contributed by atoms with van der Waals surface area (Å²) >= 11 is 0. The molecule has 0 fully saturated rings. The lowest BCUT2D eigenvalue weighted by atomic mass is 10.1. The number of carbonyl (C=O) groups excluding carboxylic acids is 1. The predicted octanol–water partition coefficient (Wildman–Crippen LogP) is 6.20. The quantitative estimate of drug-likeness (QED) is 0.186. The van der Waals surface area contributed by atoms with Crippen molar-refractivity contribution in [2.24, 2.45) is 0 Å². The van der Waals surface area contributed by atoms with Crippen molar-refractivity contribution < 1.29 is 27.4 Å². The number of halogens is 3. The van der Waals surface area contributed by atoms with Crippen LogP contribution in [-0.4, -0.2) is 23.4 Å². The number of ether oxygens (including phenoxy) is 2. The van der Waals surface area contributed by atoms with E-state index in [1.54, 1.807) is 18.2 Å². The number of nitrogens with one attached hydrogen (secondary N) is 2. The van der Waals surface area contributed by atoms with E-state index in [0.29, 0.717) is 24.4 Å². The van der Waals surface area contributed by atoms with Gasteiger partial charge in [0.05, 0.1) is 5.69 Å². The number of aromatic nitrogens is 1. The second kappa shape index (κ2) is 11.8.